The van der Waals surface area contributed by atoms with Gasteiger partial charge in [-0.3, -0.25) is 4.57 Å². The number of hydrogen-bond donors (Lipinski definition) is 0. The van der Waals surface area contributed by atoms with E-state index in [1.165, 1.54) is 42.5 Å². The van der Waals surface area contributed by atoms with E-state index < -0.39 is 0 Å². The molecule has 0 aliphatic carbocycles. The highest BCUT2D eigenvalue weighted by Crippen LogP contribution is 2.48. The van der Waals surface area contributed by atoms with E-state index in [1.807, 2.05) is 24.0 Å². The van der Waals surface area contributed by atoms with E-state index in [-0.39, 0.29) is 0 Å². The van der Waals surface area contributed by atoms with Gasteiger partial charge < -0.3 is 0 Å². The SMILES string of the molecule is c1ccc2c3c(ccc2c1)-n1c2ncccc2c2cccc(c21)S3. The maximum absolute atomic E-state index is 4.70. The van der Waals surface area contributed by atoms with Crippen LogP contribution in [0, 0.1) is 0 Å². The van der Waals surface area contributed by atoms with Gasteiger partial charge in [0.2, 0.25) is 0 Å². The molecule has 0 radical (unpaired) electrons. The van der Waals surface area contributed by atoms with Crippen LogP contribution in [0.25, 0.3) is 38.4 Å². The smallest absolute Gasteiger partial charge is 0.145 e. The second-order valence-corrected chi connectivity index (χ2v) is 7.15. The molecule has 6 rings (SSSR count). The summed E-state index contributed by atoms with van der Waals surface area (Å²) in [6, 6.07) is 23.8. The molecule has 2 nitrogen and oxygen atoms in total. The summed E-state index contributed by atoms with van der Waals surface area (Å²) in [5.74, 6) is 0. The third-order valence-electron chi connectivity index (χ3n) is 4.82. The number of para-hydroxylation sites is 1. The van der Waals surface area contributed by atoms with Crippen LogP contribution in [0.4, 0.5) is 0 Å². The van der Waals surface area contributed by atoms with Crippen molar-refractivity contribution >= 4 is 44.5 Å². The summed E-state index contributed by atoms with van der Waals surface area (Å²) >= 11 is 1.87. The highest BCUT2D eigenvalue weighted by Gasteiger charge is 2.24. The van der Waals surface area contributed by atoms with Crippen molar-refractivity contribution in [1.29, 1.82) is 0 Å². The van der Waals surface area contributed by atoms with Crippen LogP contribution in [-0.2, 0) is 0 Å². The molecule has 0 amide bonds. The van der Waals surface area contributed by atoms with Crippen molar-refractivity contribution in [3.63, 3.8) is 0 Å². The lowest BCUT2D eigenvalue weighted by molar-refractivity contribution is 1.08. The number of fused-ring (bicyclic) bond motifs is 7. The first-order valence-electron chi connectivity index (χ1n) is 8.00. The van der Waals surface area contributed by atoms with E-state index in [2.05, 4.69) is 65.2 Å². The zero-order valence-electron chi connectivity index (χ0n) is 12.7. The largest absolute Gasteiger partial charge is 0.292 e. The van der Waals surface area contributed by atoms with Crippen LogP contribution >= 0.6 is 11.8 Å². The van der Waals surface area contributed by atoms with Gasteiger partial charge in [-0.2, -0.15) is 0 Å². The molecule has 0 bridgehead atoms. The third kappa shape index (κ3) is 1.46. The Bertz CT molecular complexity index is 1280. The van der Waals surface area contributed by atoms with Gasteiger partial charge in [0.05, 0.1) is 11.2 Å². The predicted octanol–water partition coefficient (Wildman–Crippen LogP) is 5.80. The van der Waals surface area contributed by atoms with Gasteiger partial charge in [0.15, 0.2) is 0 Å². The summed E-state index contributed by atoms with van der Waals surface area (Å²) in [5, 5.41) is 5.09. The second kappa shape index (κ2) is 4.40. The van der Waals surface area contributed by atoms with Crippen LogP contribution in [0.1, 0.15) is 0 Å². The molecule has 2 aromatic heterocycles. The fourth-order valence-corrected chi connectivity index (χ4v) is 5.03. The number of pyridine rings is 1. The Morgan fingerprint density at radius 3 is 2.62 bits per heavy atom. The van der Waals surface area contributed by atoms with Gasteiger partial charge in [-0.05, 0) is 35.0 Å². The molecular weight excluding hydrogens is 312 g/mol. The van der Waals surface area contributed by atoms with Crippen LogP contribution in [-0.4, -0.2) is 9.55 Å². The summed E-state index contributed by atoms with van der Waals surface area (Å²) in [5.41, 5.74) is 3.55. The fraction of sp³-hybridized carbons (Fsp3) is 0. The summed E-state index contributed by atoms with van der Waals surface area (Å²) in [7, 11) is 0. The van der Waals surface area contributed by atoms with Crippen molar-refractivity contribution in [2.24, 2.45) is 0 Å². The average Bonchev–Trinajstić information content (AvgIpc) is 2.99. The van der Waals surface area contributed by atoms with Crippen molar-refractivity contribution < 1.29 is 0 Å². The molecule has 0 atom stereocenters. The lowest BCUT2D eigenvalue weighted by Crippen LogP contribution is -2.02. The molecule has 5 aromatic rings. The van der Waals surface area contributed by atoms with Crippen LogP contribution in [0.5, 0.6) is 0 Å². The van der Waals surface area contributed by atoms with E-state index in [9.17, 15) is 0 Å². The zero-order chi connectivity index (χ0) is 15.7. The van der Waals surface area contributed by atoms with Gasteiger partial charge in [0, 0.05) is 26.8 Å². The van der Waals surface area contributed by atoms with E-state index in [0.29, 0.717) is 0 Å². The molecule has 1 aliphatic rings. The minimum Gasteiger partial charge on any atom is -0.292 e. The first-order valence-corrected chi connectivity index (χ1v) is 8.81. The second-order valence-electron chi connectivity index (χ2n) is 6.10. The van der Waals surface area contributed by atoms with Gasteiger partial charge in [-0.25, -0.2) is 4.98 Å². The highest BCUT2D eigenvalue weighted by atomic mass is 32.2. The molecule has 0 saturated heterocycles. The van der Waals surface area contributed by atoms with Crippen molar-refractivity contribution in [2.45, 2.75) is 9.79 Å². The van der Waals surface area contributed by atoms with Crippen molar-refractivity contribution in [3.05, 3.63) is 72.9 Å². The van der Waals surface area contributed by atoms with Crippen LogP contribution < -0.4 is 0 Å². The molecule has 112 valence electrons. The summed E-state index contributed by atoms with van der Waals surface area (Å²) in [6.07, 6.45) is 1.88. The van der Waals surface area contributed by atoms with E-state index in [1.54, 1.807) is 0 Å². The normalized spacial score (nSPS) is 12.8. The quantitative estimate of drug-likeness (QED) is 0.351. The molecule has 0 fully saturated rings. The Morgan fingerprint density at radius 2 is 1.62 bits per heavy atom. The summed E-state index contributed by atoms with van der Waals surface area (Å²) < 4.78 is 2.33. The first-order chi connectivity index (χ1) is 11.9. The number of aromatic nitrogens is 2. The van der Waals surface area contributed by atoms with Crippen molar-refractivity contribution in [2.75, 3.05) is 0 Å². The molecular formula is C21H12N2S. The molecule has 24 heavy (non-hydrogen) atoms. The number of nitrogens with zero attached hydrogens (tertiary/aromatic N) is 2. The topological polar surface area (TPSA) is 17.8 Å². The van der Waals surface area contributed by atoms with Gasteiger partial charge >= 0.3 is 0 Å². The first kappa shape index (κ1) is 12.6. The van der Waals surface area contributed by atoms with Gasteiger partial charge in [-0.15, -0.1) is 0 Å². The molecule has 1 aliphatic heterocycles. The lowest BCUT2D eigenvalue weighted by Gasteiger charge is -2.21. The van der Waals surface area contributed by atoms with Gasteiger partial charge in [0.25, 0.3) is 0 Å². The molecule has 0 saturated carbocycles. The maximum atomic E-state index is 4.70. The van der Waals surface area contributed by atoms with E-state index in [4.69, 9.17) is 4.98 Å². The van der Waals surface area contributed by atoms with Crippen LogP contribution in [0.3, 0.4) is 0 Å². The Kier molecular flexibility index (Phi) is 2.31. The third-order valence-corrected chi connectivity index (χ3v) is 6.01. The molecule has 0 N–H and O–H groups in total. The molecule has 3 aromatic carbocycles. The highest BCUT2D eigenvalue weighted by molar-refractivity contribution is 8.00. The van der Waals surface area contributed by atoms with Crippen LogP contribution in [0.15, 0.2) is 82.7 Å². The van der Waals surface area contributed by atoms with Gasteiger partial charge in [-0.1, -0.05) is 54.2 Å². The number of rotatable bonds is 0. The Morgan fingerprint density at radius 1 is 0.750 bits per heavy atom. The summed E-state index contributed by atoms with van der Waals surface area (Å²) in [4.78, 5) is 7.31. The maximum Gasteiger partial charge on any atom is 0.145 e. The number of hydrogen-bond acceptors (Lipinski definition) is 2. The molecule has 3 heterocycles. The minimum absolute atomic E-state index is 1.04. The Hall–Kier alpha value is -2.78. The predicted molar refractivity (Wildman–Crippen MR) is 100 cm³/mol. The fourth-order valence-electron chi connectivity index (χ4n) is 3.80. The van der Waals surface area contributed by atoms with Crippen LogP contribution in [0.2, 0.25) is 0 Å². The molecule has 0 spiro atoms. The standard InChI is InChI=1S/C21H12N2S/c1-2-6-14-13(5-1)10-11-17-20(14)24-18-9-3-7-15-16-8-4-12-22-21(16)23(17)19(15)18/h1-12H. The zero-order valence-corrected chi connectivity index (χ0v) is 13.5. The van der Waals surface area contributed by atoms with E-state index >= 15 is 0 Å². The summed E-state index contributed by atoms with van der Waals surface area (Å²) in [6.45, 7) is 0. The molecule has 3 heteroatoms. The monoisotopic (exact) mass is 324 g/mol. The Labute approximate surface area is 142 Å². The van der Waals surface area contributed by atoms with Gasteiger partial charge in [0.1, 0.15) is 5.65 Å². The lowest BCUT2D eigenvalue weighted by atomic mass is 10.1. The van der Waals surface area contributed by atoms with Crippen molar-refractivity contribution in [3.8, 4) is 5.69 Å². The number of benzene rings is 3. The Balaban J connectivity index is 1.89. The van der Waals surface area contributed by atoms with E-state index in [0.717, 1.165) is 5.65 Å². The molecule has 0 unspecified atom stereocenters. The average molecular weight is 324 g/mol. The minimum atomic E-state index is 1.04. The van der Waals surface area contributed by atoms with Crippen molar-refractivity contribution in [1.82, 2.24) is 9.55 Å².